The van der Waals surface area contributed by atoms with Crippen molar-refractivity contribution in [3.63, 3.8) is 0 Å². The summed E-state index contributed by atoms with van der Waals surface area (Å²) in [5.74, 6) is 0. The molecule has 0 heterocycles. The SMILES string of the molecule is COCCN(C(C)C)S(=O)(=O)CCl. The first-order chi connectivity index (χ1) is 5.95. The van der Waals surface area contributed by atoms with Gasteiger partial charge in [0.25, 0.3) is 0 Å². The molecule has 0 atom stereocenters. The van der Waals surface area contributed by atoms with Crippen molar-refractivity contribution in [3.8, 4) is 0 Å². The number of ether oxygens (including phenoxy) is 1. The highest BCUT2D eigenvalue weighted by molar-refractivity contribution is 7.90. The lowest BCUT2D eigenvalue weighted by molar-refractivity contribution is 0.171. The number of rotatable bonds is 6. The maximum atomic E-state index is 11.4. The van der Waals surface area contributed by atoms with Crippen LogP contribution in [0, 0.1) is 0 Å². The van der Waals surface area contributed by atoms with E-state index < -0.39 is 10.0 Å². The van der Waals surface area contributed by atoms with E-state index in [1.165, 1.54) is 11.4 Å². The minimum Gasteiger partial charge on any atom is -0.383 e. The second-order valence-corrected chi connectivity index (χ2v) is 5.42. The van der Waals surface area contributed by atoms with Crippen LogP contribution < -0.4 is 0 Å². The summed E-state index contributed by atoms with van der Waals surface area (Å²) >= 11 is 5.34. The van der Waals surface area contributed by atoms with Crippen molar-refractivity contribution in [1.29, 1.82) is 0 Å². The summed E-state index contributed by atoms with van der Waals surface area (Å²) in [6.45, 7) is 4.34. The van der Waals surface area contributed by atoms with E-state index in [1.54, 1.807) is 13.8 Å². The van der Waals surface area contributed by atoms with Crippen LogP contribution in [0.2, 0.25) is 0 Å². The molecule has 13 heavy (non-hydrogen) atoms. The third-order valence-electron chi connectivity index (χ3n) is 1.59. The van der Waals surface area contributed by atoms with Gasteiger partial charge in [0.15, 0.2) is 0 Å². The zero-order chi connectivity index (χ0) is 10.5. The maximum Gasteiger partial charge on any atom is 0.228 e. The Morgan fingerprint density at radius 1 is 1.46 bits per heavy atom. The molecule has 0 spiro atoms. The van der Waals surface area contributed by atoms with Gasteiger partial charge in [0.2, 0.25) is 10.0 Å². The molecule has 0 aromatic rings. The first-order valence-corrected chi connectivity index (χ1v) is 6.14. The van der Waals surface area contributed by atoms with E-state index >= 15 is 0 Å². The highest BCUT2D eigenvalue weighted by Crippen LogP contribution is 2.08. The van der Waals surface area contributed by atoms with Gasteiger partial charge in [-0.15, -0.1) is 11.6 Å². The van der Waals surface area contributed by atoms with Crippen molar-refractivity contribution in [2.75, 3.05) is 25.5 Å². The van der Waals surface area contributed by atoms with Crippen molar-refractivity contribution in [2.45, 2.75) is 19.9 Å². The predicted molar refractivity (Wildman–Crippen MR) is 53.4 cm³/mol. The first kappa shape index (κ1) is 13.2. The van der Waals surface area contributed by atoms with Crippen molar-refractivity contribution in [2.24, 2.45) is 0 Å². The van der Waals surface area contributed by atoms with Crippen molar-refractivity contribution < 1.29 is 13.2 Å². The monoisotopic (exact) mass is 229 g/mol. The first-order valence-electron chi connectivity index (χ1n) is 4.00. The summed E-state index contributed by atoms with van der Waals surface area (Å²) in [7, 11) is -1.78. The normalized spacial score (nSPS) is 12.8. The lowest BCUT2D eigenvalue weighted by atomic mass is 10.4. The number of halogens is 1. The molecule has 4 nitrogen and oxygen atoms in total. The highest BCUT2D eigenvalue weighted by atomic mass is 35.5. The fourth-order valence-electron chi connectivity index (χ4n) is 0.962. The van der Waals surface area contributed by atoms with Gasteiger partial charge in [-0.1, -0.05) is 0 Å². The summed E-state index contributed by atoms with van der Waals surface area (Å²) in [5.41, 5.74) is 0. The van der Waals surface area contributed by atoms with Crippen LogP contribution in [-0.4, -0.2) is 44.2 Å². The van der Waals surface area contributed by atoms with Crippen LogP contribution in [0.4, 0.5) is 0 Å². The number of sulfonamides is 1. The molecule has 0 aromatic carbocycles. The van der Waals surface area contributed by atoms with E-state index in [9.17, 15) is 8.42 Å². The third-order valence-corrected chi connectivity index (χ3v) is 4.01. The van der Waals surface area contributed by atoms with Gasteiger partial charge < -0.3 is 4.74 Å². The van der Waals surface area contributed by atoms with Gasteiger partial charge in [0, 0.05) is 19.7 Å². The summed E-state index contributed by atoms with van der Waals surface area (Å²) in [6, 6.07) is -0.0844. The Balaban J connectivity index is 4.43. The molecule has 0 aliphatic rings. The standard InChI is InChI=1S/C7H16ClNO3S/c1-7(2)9(4-5-12-3)13(10,11)6-8/h7H,4-6H2,1-3H3. The Morgan fingerprint density at radius 2 is 2.00 bits per heavy atom. The molecule has 0 aliphatic heterocycles. The fourth-order valence-corrected chi connectivity index (χ4v) is 2.46. The molecule has 0 radical (unpaired) electrons. The molecule has 0 bridgehead atoms. The lowest BCUT2D eigenvalue weighted by Gasteiger charge is -2.24. The van der Waals surface area contributed by atoms with Crippen LogP contribution in [0.1, 0.15) is 13.8 Å². The van der Waals surface area contributed by atoms with Gasteiger partial charge in [-0.3, -0.25) is 0 Å². The van der Waals surface area contributed by atoms with Crippen molar-refractivity contribution in [1.82, 2.24) is 4.31 Å². The Hall–Kier alpha value is 0.160. The Bertz CT molecular complexity index is 228. The molecule has 0 rings (SSSR count). The van der Waals surface area contributed by atoms with E-state index in [-0.39, 0.29) is 11.3 Å². The molecular formula is C7H16ClNO3S. The smallest absolute Gasteiger partial charge is 0.228 e. The molecule has 0 saturated heterocycles. The summed E-state index contributed by atoms with van der Waals surface area (Å²) < 4.78 is 28.9. The van der Waals surface area contributed by atoms with E-state index in [4.69, 9.17) is 16.3 Å². The Labute approximate surface area is 84.9 Å². The number of nitrogens with zero attached hydrogens (tertiary/aromatic N) is 1. The maximum absolute atomic E-state index is 11.4. The van der Waals surface area contributed by atoms with E-state index in [0.29, 0.717) is 13.2 Å². The molecule has 6 heteroatoms. The Kier molecular flexibility index (Phi) is 5.87. The van der Waals surface area contributed by atoms with E-state index in [0.717, 1.165) is 0 Å². The second-order valence-electron chi connectivity index (χ2n) is 2.92. The molecule has 0 aliphatic carbocycles. The second kappa shape index (κ2) is 5.80. The van der Waals surface area contributed by atoms with Crippen LogP contribution in [0.25, 0.3) is 0 Å². The van der Waals surface area contributed by atoms with Gasteiger partial charge in [-0.2, -0.15) is 4.31 Å². The molecule has 0 amide bonds. The van der Waals surface area contributed by atoms with Crippen LogP contribution in [0.15, 0.2) is 0 Å². The van der Waals surface area contributed by atoms with Crippen LogP contribution in [0.3, 0.4) is 0 Å². The molecule has 0 N–H and O–H groups in total. The molecular weight excluding hydrogens is 214 g/mol. The van der Waals surface area contributed by atoms with Gasteiger partial charge >= 0.3 is 0 Å². The summed E-state index contributed by atoms with van der Waals surface area (Å²) in [5, 5.41) is -0.380. The zero-order valence-corrected chi connectivity index (χ0v) is 9.73. The number of alkyl halides is 1. The number of hydrogen-bond acceptors (Lipinski definition) is 3. The predicted octanol–water partition coefficient (Wildman–Crippen LogP) is 0.869. The number of hydrogen-bond donors (Lipinski definition) is 0. The van der Waals surface area contributed by atoms with Crippen molar-refractivity contribution >= 4 is 21.6 Å². The largest absolute Gasteiger partial charge is 0.383 e. The van der Waals surface area contributed by atoms with Gasteiger partial charge in [-0.05, 0) is 13.8 Å². The van der Waals surface area contributed by atoms with Crippen LogP contribution >= 0.6 is 11.6 Å². The fraction of sp³-hybridized carbons (Fsp3) is 1.00. The average molecular weight is 230 g/mol. The topological polar surface area (TPSA) is 46.6 Å². The van der Waals surface area contributed by atoms with Crippen LogP contribution in [-0.2, 0) is 14.8 Å². The zero-order valence-electron chi connectivity index (χ0n) is 8.16. The molecule has 0 aromatic heterocycles. The lowest BCUT2D eigenvalue weighted by Crippen LogP contribution is -2.39. The summed E-state index contributed by atoms with van der Waals surface area (Å²) in [6.07, 6.45) is 0. The minimum atomic E-state index is -3.31. The van der Waals surface area contributed by atoms with E-state index in [2.05, 4.69) is 0 Å². The minimum absolute atomic E-state index is 0.0844. The van der Waals surface area contributed by atoms with Gasteiger partial charge in [0.1, 0.15) is 5.21 Å². The molecule has 0 saturated carbocycles. The summed E-state index contributed by atoms with van der Waals surface area (Å²) in [4.78, 5) is 0. The van der Waals surface area contributed by atoms with Crippen LogP contribution in [0.5, 0.6) is 0 Å². The Morgan fingerprint density at radius 3 is 2.31 bits per heavy atom. The quantitative estimate of drug-likeness (QED) is 0.635. The number of methoxy groups -OCH3 is 1. The highest BCUT2D eigenvalue weighted by Gasteiger charge is 2.23. The average Bonchev–Trinajstić information content (AvgIpc) is 2.04. The third kappa shape index (κ3) is 4.26. The van der Waals surface area contributed by atoms with Crippen molar-refractivity contribution in [3.05, 3.63) is 0 Å². The molecule has 0 fully saturated rings. The van der Waals surface area contributed by atoms with E-state index in [1.807, 2.05) is 0 Å². The van der Waals surface area contributed by atoms with Gasteiger partial charge in [-0.25, -0.2) is 8.42 Å². The molecule has 0 unspecified atom stereocenters. The molecule has 80 valence electrons. The van der Waals surface area contributed by atoms with Gasteiger partial charge in [0.05, 0.1) is 6.61 Å².